The van der Waals surface area contributed by atoms with Crippen molar-refractivity contribution in [2.45, 2.75) is 32.6 Å². The van der Waals surface area contributed by atoms with Gasteiger partial charge in [-0.1, -0.05) is 6.07 Å². The van der Waals surface area contributed by atoms with Crippen LogP contribution in [0.1, 0.15) is 35.1 Å². The predicted molar refractivity (Wildman–Crippen MR) is 85.4 cm³/mol. The molecule has 3 rings (SSSR count). The first kappa shape index (κ1) is 13.7. The van der Waals surface area contributed by atoms with Crippen LogP contribution in [0.3, 0.4) is 0 Å². The maximum Gasteiger partial charge on any atom is 0.127 e. The number of nitrogens with two attached hydrogens (primary N) is 1. The molecular formula is C18H20N2O. The van der Waals surface area contributed by atoms with Crippen molar-refractivity contribution < 1.29 is 4.74 Å². The van der Waals surface area contributed by atoms with E-state index in [1.54, 1.807) is 0 Å². The Labute approximate surface area is 125 Å². The topological polar surface area (TPSA) is 59.1 Å². The first-order chi connectivity index (χ1) is 10.1. The number of benzene rings is 2. The Bertz CT molecular complexity index is 692. The van der Waals surface area contributed by atoms with E-state index in [9.17, 15) is 0 Å². The number of hydrogen-bond donors (Lipinski definition) is 2. The molecule has 0 aliphatic heterocycles. The van der Waals surface area contributed by atoms with Gasteiger partial charge in [0.2, 0.25) is 0 Å². The van der Waals surface area contributed by atoms with Crippen LogP contribution in [0.5, 0.6) is 11.5 Å². The molecule has 2 aromatic rings. The molecule has 0 aromatic heterocycles. The molecule has 0 radical (unpaired) electrons. The van der Waals surface area contributed by atoms with Crippen molar-refractivity contribution in [3.8, 4) is 11.5 Å². The number of nitrogen functional groups attached to an aromatic ring is 1. The monoisotopic (exact) mass is 280 g/mol. The van der Waals surface area contributed by atoms with E-state index in [0.29, 0.717) is 0 Å². The molecule has 0 saturated heterocycles. The van der Waals surface area contributed by atoms with E-state index in [0.717, 1.165) is 29.0 Å². The molecule has 2 aromatic carbocycles. The van der Waals surface area contributed by atoms with E-state index in [1.807, 2.05) is 31.2 Å². The van der Waals surface area contributed by atoms with Crippen molar-refractivity contribution in [1.29, 1.82) is 5.41 Å². The summed E-state index contributed by atoms with van der Waals surface area (Å²) in [6.45, 7) is 1.94. The van der Waals surface area contributed by atoms with Gasteiger partial charge in [-0.05, 0) is 79.6 Å². The summed E-state index contributed by atoms with van der Waals surface area (Å²) in [4.78, 5) is 0. The fourth-order valence-corrected chi connectivity index (χ4v) is 2.91. The maximum atomic E-state index is 7.51. The highest BCUT2D eigenvalue weighted by atomic mass is 16.5. The van der Waals surface area contributed by atoms with Crippen molar-refractivity contribution in [1.82, 2.24) is 0 Å². The van der Waals surface area contributed by atoms with Crippen LogP contribution >= 0.6 is 0 Å². The minimum Gasteiger partial charge on any atom is -0.457 e. The molecule has 3 N–H and O–H groups in total. The number of fused-ring (bicyclic) bond motifs is 1. The molecule has 0 heterocycles. The standard InChI is InChI=1S/C18H20N2O/c1-12-10-15(8-9-17(12)18(19)20)21-16-7-6-13-4-2-3-5-14(13)11-16/h6-11H,2-5H2,1H3,(H3,19,20). The molecule has 3 nitrogen and oxygen atoms in total. The smallest absolute Gasteiger partial charge is 0.127 e. The Hall–Kier alpha value is -2.29. The van der Waals surface area contributed by atoms with Gasteiger partial charge in [0.25, 0.3) is 0 Å². The van der Waals surface area contributed by atoms with Crippen LogP contribution in [0.4, 0.5) is 0 Å². The molecule has 3 heteroatoms. The molecule has 1 aliphatic rings. The molecule has 0 unspecified atom stereocenters. The third kappa shape index (κ3) is 2.92. The van der Waals surface area contributed by atoms with Crippen LogP contribution in [0, 0.1) is 12.3 Å². The van der Waals surface area contributed by atoms with Crippen LogP contribution in [-0.2, 0) is 12.8 Å². The van der Waals surface area contributed by atoms with Gasteiger partial charge in [-0.2, -0.15) is 0 Å². The zero-order valence-electron chi connectivity index (χ0n) is 12.3. The quantitative estimate of drug-likeness (QED) is 0.660. The fraction of sp³-hybridized carbons (Fsp3) is 0.278. The van der Waals surface area contributed by atoms with Crippen LogP contribution in [-0.4, -0.2) is 5.84 Å². The second-order valence-corrected chi connectivity index (χ2v) is 5.63. The van der Waals surface area contributed by atoms with Crippen molar-refractivity contribution in [3.63, 3.8) is 0 Å². The number of ether oxygens (including phenoxy) is 1. The molecule has 0 fully saturated rings. The van der Waals surface area contributed by atoms with Crippen molar-refractivity contribution >= 4 is 5.84 Å². The van der Waals surface area contributed by atoms with Gasteiger partial charge in [0.1, 0.15) is 17.3 Å². The summed E-state index contributed by atoms with van der Waals surface area (Å²) in [5, 5.41) is 7.51. The minimum atomic E-state index is 0.0906. The fourth-order valence-electron chi connectivity index (χ4n) is 2.91. The van der Waals surface area contributed by atoms with Gasteiger partial charge in [-0.3, -0.25) is 5.41 Å². The maximum absolute atomic E-state index is 7.51. The number of rotatable bonds is 3. The summed E-state index contributed by atoms with van der Waals surface area (Å²) in [6.07, 6.45) is 4.89. The highest BCUT2D eigenvalue weighted by Crippen LogP contribution is 2.29. The lowest BCUT2D eigenvalue weighted by atomic mass is 9.92. The van der Waals surface area contributed by atoms with Gasteiger partial charge in [-0.25, -0.2) is 0 Å². The van der Waals surface area contributed by atoms with Crippen LogP contribution in [0.25, 0.3) is 0 Å². The van der Waals surface area contributed by atoms with Crippen LogP contribution < -0.4 is 10.5 Å². The zero-order valence-corrected chi connectivity index (χ0v) is 12.3. The van der Waals surface area contributed by atoms with Gasteiger partial charge < -0.3 is 10.5 Å². The molecule has 0 saturated carbocycles. The lowest BCUT2D eigenvalue weighted by Gasteiger charge is -2.17. The second kappa shape index (κ2) is 5.60. The highest BCUT2D eigenvalue weighted by Gasteiger charge is 2.10. The van der Waals surface area contributed by atoms with Gasteiger partial charge in [0, 0.05) is 5.56 Å². The molecule has 21 heavy (non-hydrogen) atoms. The van der Waals surface area contributed by atoms with Crippen LogP contribution in [0.2, 0.25) is 0 Å². The summed E-state index contributed by atoms with van der Waals surface area (Å²) in [5.41, 5.74) is 10.1. The Morgan fingerprint density at radius 1 is 1.00 bits per heavy atom. The lowest BCUT2D eigenvalue weighted by molar-refractivity contribution is 0.480. The van der Waals surface area contributed by atoms with Crippen molar-refractivity contribution in [2.75, 3.05) is 0 Å². The van der Waals surface area contributed by atoms with E-state index in [1.165, 1.54) is 30.4 Å². The summed E-state index contributed by atoms with van der Waals surface area (Å²) >= 11 is 0. The zero-order chi connectivity index (χ0) is 14.8. The van der Waals surface area contributed by atoms with Crippen molar-refractivity contribution in [3.05, 3.63) is 58.7 Å². The minimum absolute atomic E-state index is 0.0906. The molecule has 108 valence electrons. The molecule has 0 atom stereocenters. The SMILES string of the molecule is Cc1cc(Oc2ccc3c(c2)CCCC3)ccc1C(=N)N. The first-order valence-corrected chi connectivity index (χ1v) is 7.38. The number of hydrogen-bond acceptors (Lipinski definition) is 2. The Morgan fingerprint density at radius 3 is 2.38 bits per heavy atom. The summed E-state index contributed by atoms with van der Waals surface area (Å²) in [6, 6.07) is 12.0. The van der Waals surface area contributed by atoms with Crippen molar-refractivity contribution in [2.24, 2.45) is 5.73 Å². The van der Waals surface area contributed by atoms with Gasteiger partial charge in [-0.15, -0.1) is 0 Å². The molecule has 1 aliphatic carbocycles. The van der Waals surface area contributed by atoms with Gasteiger partial charge in [0.05, 0.1) is 0 Å². The third-order valence-corrected chi connectivity index (χ3v) is 4.04. The highest BCUT2D eigenvalue weighted by molar-refractivity contribution is 5.96. The average molecular weight is 280 g/mol. The molecule has 0 bridgehead atoms. The Kier molecular flexibility index (Phi) is 3.65. The van der Waals surface area contributed by atoms with Crippen LogP contribution in [0.15, 0.2) is 36.4 Å². The van der Waals surface area contributed by atoms with Gasteiger partial charge in [0.15, 0.2) is 0 Å². The number of amidine groups is 1. The second-order valence-electron chi connectivity index (χ2n) is 5.63. The van der Waals surface area contributed by atoms with E-state index >= 15 is 0 Å². The summed E-state index contributed by atoms with van der Waals surface area (Å²) in [5.74, 6) is 1.76. The molecular weight excluding hydrogens is 260 g/mol. The van der Waals surface area contributed by atoms with E-state index in [-0.39, 0.29) is 5.84 Å². The largest absolute Gasteiger partial charge is 0.457 e. The van der Waals surface area contributed by atoms with Gasteiger partial charge >= 0.3 is 0 Å². The Morgan fingerprint density at radius 2 is 1.67 bits per heavy atom. The summed E-state index contributed by atoms with van der Waals surface area (Å²) in [7, 11) is 0. The van der Waals surface area contributed by atoms with E-state index in [4.69, 9.17) is 15.9 Å². The average Bonchev–Trinajstić information content (AvgIpc) is 2.47. The molecule has 0 spiro atoms. The summed E-state index contributed by atoms with van der Waals surface area (Å²) < 4.78 is 5.95. The lowest BCUT2D eigenvalue weighted by Crippen LogP contribution is -2.12. The Balaban J connectivity index is 1.83. The van der Waals surface area contributed by atoms with E-state index in [2.05, 4.69) is 12.1 Å². The normalized spacial score (nSPS) is 13.6. The number of aryl methyl sites for hydroxylation is 3. The van der Waals surface area contributed by atoms with E-state index < -0.39 is 0 Å². The third-order valence-electron chi connectivity index (χ3n) is 4.04. The predicted octanol–water partition coefficient (Wildman–Crippen LogP) is 3.95. The molecule has 0 amide bonds. The first-order valence-electron chi connectivity index (χ1n) is 7.38. The number of nitrogens with one attached hydrogen (secondary N) is 1.